The minimum absolute atomic E-state index is 0.297. The lowest BCUT2D eigenvalue weighted by molar-refractivity contribution is 0.233. The first-order chi connectivity index (χ1) is 16.4. The van der Waals surface area contributed by atoms with Gasteiger partial charge in [0.25, 0.3) is 0 Å². The molecule has 0 N–H and O–H groups in total. The van der Waals surface area contributed by atoms with E-state index in [0.29, 0.717) is 10.8 Å². The number of hydrogen-bond acceptors (Lipinski definition) is 0. The molecule has 4 aliphatic carbocycles. The van der Waals surface area contributed by atoms with E-state index in [4.69, 9.17) is 0 Å². The molecule has 2 saturated carbocycles. The van der Waals surface area contributed by atoms with E-state index < -0.39 is 0 Å². The third-order valence-electron chi connectivity index (χ3n) is 11.5. The maximum Gasteiger partial charge on any atom is -0.00236 e. The van der Waals surface area contributed by atoms with Crippen LogP contribution in [0.15, 0.2) is 36.4 Å². The standard InChI is InChI=1S/C34H38/c1-33(2)25-11-7-5-9-21(25)31-23-15-14-20-18-28-32(22-10-6-8-12-26(22)34(28,3)4)24-16-13-19(17-27(31)33)29(23)30(20)24/h13-18,21-22,25-26H,5-12H2,1-4H3. The number of fused-ring (bicyclic) bond motifs is 8. The van der Waals surface area contributed by atoms with E-state index in [0.717, 1.165) is 23.7 Å². The molecule has 0 heteroatoms. The average molecular weight is 447 g/mol. The van der Waals surface area contributed by atoms with Gasteiger partial charge >= 0.3 is 0 Å². The van der Waals surface area contributed by atoms with Crippen molar-refractivity contribution in [2.45, 2.75) is 102 Å². The highest BCUT2D eigenvalue weighted by molar-refractivity contribution is 6.25. The molecular formula is C34H38. The Morgan fingerprint density at radius 3 is 1.41 bits per heavy atom. The summed E-state index contributed by atoms with van der Waals surface area (Å²) in [5.74, 6) is 3.16. The smallest absolute Gasteiger partial charge is 0.00236 e. The largest absolute Gasteiger partial charge is 0.0555 e. The number of rotatable bonds is 0. The van der Waals surface area contributed by atoms with Crippen LogP contribution in [0.25, 0.3) is 32.3 Å². The van der Waals surface area contributed by atoms with Gasteiger partial charge in [-0.05, 0) is 115 Å². The Bertz CT molecular complexity index is 1370. The van der Waals surface area contributed by atoms with E-state index in [-0.39, 0.29) is 0 Å². The van der Waals surface area contributed by atoms with Crippen LogP contribution in [0.4, 0.5) is 0 Å². The Kier molecular flexibility index (Phi) is 3.77. The van der Waals surface area contributed by atoms with Gasteiger partial charge in [0.15, 0.2) is 0 Å². The highest BCUT2D eigenvalue weighted by Gasteiger charge is 2.49. The van der Waals surface area contributed by atoms with Crippen molar-refractivity contribution in [2.24, 2.45) is 11.8 Å². The lowest BCUT2D eigenvalue weighted by atomic mass is 9.69. The second kappa shape index (κ2) is 6.37. The molecule has 0 spiro atoms. The highest BCUT2D eigenvalue weighted by Crippen LogP contribution is 2.61. The fraction of sp³-hybridized carbons (Fsp3) is 0.529. The van der Waals surface area contributed by atoms with E-state index in [1.54, 1.807) is 43.8 Å². The topological polar surface area (TPSA) is 0 Å². The van der Waals surface area contributed by atoms with Crippen molar-refractivity contribution in [3.8, 4) is 0 Å². The van der Waals surface area contributed by atoms with Crippen LogP contribution >= 0.6 is 0 Å². The van der Waals surface area contributed by atoms with E-state index in [2.05, 4.69) is 64.1 Å². The molecule has 4 aromatic carbocycles. The number of hydrogen-bond donors (Lipinski definition) is 0. The molecule has 4 aliphatic rings. The molecule has 4 atom stereocenters. The normalized spacial score (nSPS) is 31.1. The van der Waals surface area contributed by atoms with Gasteiger partial charge in [0, 0.05) is 0 Å². The summed E-state index contributed by atoms with van der Waals surface area (Å²) >= 11 is 0. The Balaban J connectivity index is 1.48. The Hall–Kier alpha value is -2.08. The fourth-order valence-electron chi connectivity index (χ4n) is 9.94. The third-order valence-corrected chi connectivity index (χ3v) is 11.5. The molecule has 0 heterocycles. The van der Waals surface area contributed by atoms with E-state index in [1.165, 1.54) is 62.1 Å². The number of benzene rings is 4. The van der Waals surface area contributed by atoms with Crippen molar-refractivity contribution >= 4 is 32.3 Å². The zero-order chi connectivity index (χ0) is 23.0. The molecule has 0 bridgehead atoms. The zero-order valence-electron chi connectivity index (χ0n) is 21.4. The monoisotopic (exact) mass is 446 g/mol. The second-order valence-electron chi connectivity index (χ2n) is 13.5. The Labute approximate surface area is 204 Å². The third kappa shape index (κ3) is 2.23. The van der Waals surface area contributed by atoms with Crippen LogP contribution < -0.4 is 0 Å². The van der Waals surface area contributed by atoms with E-state index >= 15 is 0 Å². The summed E-state index contributed by atoms with van der Waals surface area (Å²) in [6, 6.07) is 15.3. The molecule has 0 saturated heterocycles. The quantitative estimate of drug-likeness (QED) is 0.236. The summed E-state index contributed by atoms with van der Waals surface area (Å²) in [5.41, 5.74) is 7.38. The fourth-order valence-corrected chi connectivity index (χ4v) is 9.94. The van der Waals surface area contributed by atoms with Crippen molar-refractivity contribution in [3.05, 3.63) is 58.7 Å². The first kappa shape index (κ1) is 20.1. The molecule has 4 aromatic rings. The minimum atomic E-state index is 0.297. The molecule has 0 nitrogen and oxygen atoms in total. The molecule has 0 aromatic heterocycles. The second-order valence-corrected chi connectivity index (χ2v) is 13.5. The van der Waals surface area contributed by atoms with Crippen molar-refractivity contribution in [1.29, 1.82) is 0 Å². The molecule has 2 fully saturated rings. The molecular weight excluding hydrogens is 408 g/mol. The van der Waals surface area contributed by atoms with Crippen molar-refractivity contribution in [1.82, 2.24) is 0 Å². The average Bonchev–Trinajstić information content (AvgIpc) is 3.22. The summed E-state index contributed by atoms with van der Waals surface area (Å²) in [4.78, 5) is 0. The van der Waals surface area contributed by atoms with Crippen LogP contribution in [0.5, 0.6) is 0 Å². The molecule has 34 heavy (non-hydrogen) atoms. The molecule has 0 amide bonds. The summed E-state index contributed by atoms with van der Waals surface area (Å²) in [6.07, 6.45) is 11.2. The van der Waals surface area contributed by atoms with Crippen LogP contribution in [-0.2, 0) is 10.8 Å². The van der Waals surface area contributed by atoms with Gasteiger partial charge in [0.1, 0.15) is 0 Å². The van der Waals surface area contributed by atoms with Crippen LogP contribution in [0.3, 0.4) is 0 Å². The maximum atomic E-state index is 2.62. The molecule has 174 valence electrons. The van der Waals surface area contributed by atoms with Crippen molar-refractivity contribution < 1.29 is 0 Å². The van der Waals surface area contributed by atoms with Crippen LogP contribution in [-0.4, -0.2) is 0 Å². The zero-order valence-corrected chi connectivity index (χ0v) is 21.4. The summed E-state index contributed by atoms with van der Waals surface area (Å²) < 4.78 is 0. The van der Waals surface area contributed by atoms with Gasteiger partial charge in [-0.2, -0.15) is 0 Å². The predicted octanol–water partition coefficient (Wildman–Crippen LogP) is 9.71. The first-order valence-corrected chi connectivity index (χ1v) is 14.2. The van der Waals surface area contributed by atoms with Gasteiger partial charge in [0.2, 0.25) is 0 Å². The Morgan fingerprint density at radius 2 is 0.971 bits per heavy atom. The van der Waals surface area contributed by atoms with Crippen molar-refractivity contribution in [3.63, 3.8) is 0 Å². The van der Waals surface area contributed by atoms with Gasteiger partial charge in [0.05, 0.1) is 0 Å². The van der Waals surface area contributed by atoms with Gasteiger partial charge in [-0.3, -0.25) is 0 Å². The predicted molar refractivity (Wildman–Crippen MR) is 146 cm³/mol. The Morgan fingerprint density at radius 1 is 0.559 bits per heavy atom. The summed E-state index contributed by atoms with van der Waals surface area (Å²) in [5, 5.41) is 9.30. The molecule has 8 rings (SSSR count). The lowest BCUT2D eigenvalue weighted by Gasteiger charge is -2.34. The summed E-state index contributed by atoms with van der Waals surface area (Å²) in [6.45, 7) is 10.2. The van der Waals surface area contributed by atoms with E-state index in [9.17, 15) is 0 Å². The SMILES string of the molecule is CC1(C)c2cc3ccc4c5c(cc6ccc(c2C2CCCCC21)c3c64)C(C)(C)C1CCCCC51. The summed E-state index contributed by atoms with van der Waals surface area (Å²) in [7, 11) is 0. The molecule has 0 radical (unpaired) electrons. The van der Waals surface area contributed by atoms with Gasteiger partial charge in [-0.15, -0.1) is 0 Å². The van der Waals surface area contributed by atoms with Gasteiger partial charge in [-0.1, -0.05) is 89.8 Å². The first-order valence-electron chi connectivity index (χ1n) is 14.2. The van der Waals surface area contributed by atoms with Gasteiger partial charge in [-0.25, -0.2) is 0 Å². The molecule has 4 unspecified atom stereocenters. The van der Waals surface area contributed by atoms with Crippen LogP contribution in [0.1, 0.15) is 113 Å². The van der Waals surface area contributed by atoms with Crippen molar-refractivity contribution in [2.75, 3.05) is 0 Å². The van der Waals surface area contributed by atoms with Crippen LogP contribution in [0.2, 0.25) is 0 Å². The minimum Gasteiger partial charge on any atom is -0.0555 e. The lowest BCUT2D eigenvalue weighted by Crippen LogP contribution is -2.28. The van der Waals surface area contributed by atoms with Crippen LogP contribution in [0, 0.1) is 11.8 Å². The van der Waals surface area contributed by atoms with E-state index in [1.807, 2.05) is 0 Å². The van der Waals surface area contributed by atoms with Gasteiger partial charge < -0.3 is 0 Å². The highest BCUT2D eigenvalue weighted by atomic mass is 14.5. The maximum absolute atomic E-state index is 2.62. The molecule has 0 aliphatic heterocycles.